The van der Waals surface area contributed by atoms with Crippen molar-refractivity contribution in [3.05, 3.63) is 65.2 Å². The van der Waals surface area contributed by atoms with Crippen LogP contribution in [0.3, 0.4) is 0 Å². The number of carbonyl (C=O) groups is 2. The second-order valence-corrected chi connectivity index (χ2v) is 11.6. The molecule has 3 aromatic rings. The summed E-state index contributed by atoms with van der Waals surface area (Å²) in [6.45, 7) is 6.73. The van der Waals surface area contributed by atoms with Crippen LogP contribution >= 0.6 is 0 Å². The summed E-state index contributed by atoms with van der Waals surface area (Å²) in [6.07, 6.45) is -0.333. The SMILES string of the molecule is Cc1ccc2cc1Oc1cccc(c1)CO[C@H]1CN(c3cc(N4CCN(C)CC4)nc(N)n3)C[C@@H]1NC(=O)CN(C)C2=O. The van der Waals surface area contributed by atoms with Crippen LogP contribution in [0, 0.1) is 6.92 Å². The molecule has 43 heavy (non-hydrogen) atoms. The molecule has 226 valence electrons. The van der Waals surface area contributed by atoms with Crippen molar-refractivity contribution in [1.29, 1.82) is 0 Å². The van der Waals surface area contributed by atoms with Crippen LogP contribution in [0.5, 0.6) is 11.5 Å². The number of nitrogens with one attached hydrogen (secondary N) is 1. The Bertz CT molecular complexity index is 1510. The van der Waals surface area contributed by atoms with Crippen LogP contribution in [0.2, 0.25) is 0 Å². The predicted octanol–water partition coefficient (Wildman–Crippen LogP) is 1.89. The van der Waals surface area contributed by atoms with Gasteiger partial charge in [0.15, 0.2) is 0 Å². The van der Waals surface area contributed by atoms with Crippen LogP contribution in [-0.2, 0) is 16.1 Å². The number of benzene rings is 2. The molecule has 0 spiro atoms. The lowest BCUT2D eigenvalue weighted by Gasteiger charge is -2.33. The Morgan fingerprint density at radius 1 is 0.930 bits per heavy atom. The van der Waals surface area contributed by atoms with Crippen LogP contribution in [0.15, 0.2) is 48.5 Å². The molecular weight excluding hydrogens is 548 g/mol. The fourth-order valence-electron chi connectivity index (χ4n) is 5.70. The Morgan fingerprint density at radius 3 is 2.49 bits per heavy atom. The van der Waals surface area contributed by atoms with Gasteiger partial charge in [0.1, 0.15) is 23.1 Å². The number of fused-ring (bicyclic) bond motifs is 5. The molecule has 12 nitrogen and oxygen atoms in total. The topological polar surface area (TPSA) is 129 Å². The fourth-order valence-corrected chi connectivity index (χ4v) is 5.70. The maximum Gasteiger partial charge on any atom is 0.254 e. The fraction of sp³-hybridized carbons (Fsp3) is 0.419. The predicted molar refractivity (Wildman–Crippen MR) is 164 cm³/mol. The molecule has 3 N–H and O–H groups in total. The minimum atomic E-state index is -0.336. The first kappa shape index (κ1) is 28.7. The molecule has 3 aliphatic heterocycles. The lowest BCUT2D eigenvalue weighted by atomic mass is 10.1. The van der Waals surface area contributed by atoms with E-state index in [1.165, 1.54) is 4.90 Å². The number of likely N-dealkylation sites (N-methyl/N-ethyl adjacent to an activating group) is 2. The average Bonchev–Trinajstić information content (AvgIpc) is 3.39. The van der Waals surface area contributed by atoms with Crippen molar-refractivity contribution in [1.82, 2.24) is 25.1 Å². The van der Waals surface area contributed by atoms with Crippen LogP contribution < -0.4 is 25.6 Å². The van der Waals surface area contributed by atoms with Crippen molar-refractivity contribution in [2.45, 2.75) is 25.7 Å². The summed E-state index contributed by atoms with van der Waals surface area (Å²) in [5, 5.41) is 3.12. The molecule has 2 atom stereocenters. The number of aromatic nitrogens is 2. The number of nitrogen functional groups attached to an aromatic ring is 1. The summed E-state index contributed by atoms with van der Waals surface area (Å²) >= 11 is 0. The Kier molecular flexibility index (Phi) is 8.04. The third-order valence-corrected chi connectivity index (χ3v) is 8.23. The minimum Gasteiger partial charge on any atom is -0.457 e. The third kappa shape index (κ3) is 6.50. The van der Waals surface area contributed by atoms with Gasteiger partial charge >= 0.3 is 0 Å². The van der Waals surface area contributed by atoms with Crippen LogP contribution in [-0.4, -0.2) is 104 Å². The highest BCUT2D eigenvalue weighted by Gasteiger charge is 2.36. The van der Waals surface area contributed by atoms with E-state index in [2.05, 4.69) is 37.0 Å². The molecule has 2 fully saturated rings. The summed E-state index contributed by atoms with van der Waals surface area (Å²) in [5.74, 6) is 2.39. The molecule has 4 heterocycles. The average molecular weight is 587 g/mol. The van der Waals surface area contributed by atoms with E-state index in [4.69, 9.17) is 15.2 Å². The first-order valence-electron chi connectivity index (χ1n) is 14.6. The second kappa shape index (κ2) is 12.1. The van der Waals surface area contributed by atoms with Crippen molar-refractivity contribution in [3.8, 4) is 11.5 Å². The molecular formula is C31H38N8O4. The number of carbonyl (C=O) groups excluding carboxylic acids is 2. The van der Waals surface area contributed by atoms with E-state index in [0.717, 1.165) is 43.1 Å². The highest BCUT2D eigenvalue weighted by Crippen LogP contribution is 2.29. The van der Waals surface area contributed by atoms with Crippen molar-refractivity contribution in [2.75, 3.05) is 75.4 Å². The maximum absolute atomic E-state index is 13.2. The highest BCUT2D eigenvalue weighted by atomic mass is 16.5. The molecule has 0 aliphatic carbocycles. The summed E-state index contributed by atoms with van der Waals surface area (Å²) in [5.41, 5.74) is 8.45. The van der Waals surface area contributed by atoms with Gasteiger partial charge in [0.2, 0.25) is 11.9 Å². The van der Waals surface area contributed by atoms with E-state index in [9.17, 15) is 9.59 Å². The molecule has 12 heteroatoms. The number of aryl methyl sites for hydroxylation is 1. The quantitative estimate of drug-likeness (QED) is 0.459. The molecule has 0 saturated carbocycles. The van der Waals surface area contributed by atoms with E-state index in [0.29, 0.717) is 42.6 Å². The lowest BCUT2D eigenvalue weighted by molar-refractivity contribution is -0.123. The molecule has 2 amide bonds. The van der Waals surface area contributed by atoms with E-state index in [1.54, 1.807) is 19.2 Å². The van der Waals surface area contributed by atoms with Gasteiger partial charge in [0, 0.05) is 57.9 Å². The van der Waals surface area contributed by atoms with Gasteiger partial charge in [-0.3, -0.25) is 9.59 Å². The first-order valence-corrected chi connectivity index (χ1v) is 14.6. The van der Waals surface area contributed by atoms with Gasteiger partial charge in [-0.2, -0.15) is 9.97 Å². The molecule has 3 aliphatic rings. The van der Waals surface area contributed by atoms with Crippen LogP contribution in [0.25, 0.3) is 0 Å². The van der Waals surface area contributed by atoms with E-state index in [-0.39, 0.29) is 36.5 Å². The van der Waals surface area contributed by atoms with Gasteiger partial charge in [-0.15, -0.1) is 0 Å². The Balaban J connectivity index is 1.26. The first-order chi connectivity index (χ1) is 20.7. The minimum absolute atomic E-state index is 0.0980. The highest BCUT2D eigenvalue weighted by molar-refractivity contribution is 5.96. The van der Waals surface area contributed by atoms with Gasteiger partial charge < -0.3 is 40.1 Å². The van der Waals surface area contributed by atoms with Crippen LogP contribution in [0.4, 0.5) is 17.6 Å². The Labute approximate surface area is 251 Å². The van der Waals surface area contributed by atoms with Crippen LogP contribution in [0.1, 0.15) is 21.5 Å². The summed E-state index contributed by atoms with van der Waals surface area (Å²) in [4.78, 5) is 43.5. The third-order valence-electron chi connectivity index (χ3n) is 8.23. The zero-order valence-corrected chi connectivity index (χ0v) is 24.8. The zero-order chi connectivity index (χ0) is 30.1. The maximum atomic E-state index is 13.2. The summed E-state index contributed by atoms with van der Waals surface area (Å²) in [7, 11) is 3.73. The molecule has 0 unspecified atom stereocenters. The summed E-state index contributed by atoms with van der Waals surface area (Å²) in [6, 6.07) is 14.6. The lowest BCUT2D eigenvalue weighted by Crippen LogP contribution is -2.48. The number of nitrogens with zero attached hydrogens (tertiary/aromatic N) is 6. The summed E-state index contributed by atoms with van der Waals surface area (Å²) < 4.78 is 12.6. The number of rotatable bonds is 2. The zero-order valence-electron chi connectivity index (χ0n) is 24.8. The number of amides is 2. The molecule has 2 saturated heterocycles. The second-order valence-electron chi connectivity index (χ2n) is 11.6. The smallest absolute Gasteiger partial charge is 0.254 e. The van der Waals surface area contributed by atoms with Gasteiger partial charge in [-0.05, 0) is 49.4 Å². The Morgan fingerprint density at radius 2 is 1.70 bits per heavy atom. The van der Waals surface area contributed by atoms with Crippen molar-refractivity contribution in [2.24, 2.45) is 0 Å². The van der Waals surface area contributed by atoms with Crippen molar-refractivity contribution in [3.63, 3.8) is 0 Å². The van der Waals surface area contributed by atoms with Crippen molar-refractivity contribution < 1.29 is 19.1 Å². The van der Waals surface area contributed by atoms with E-state index in [1.807, 2.05) is 43.3 Å². The van der Waals surface area contributed by atoms with Crippen molar-refractivity contribution >= 4 is 29.4 Å². The van der Waals surface area contributed by atoms with E-state index >= 15 is 0 Å². The molecule has 6 rings (SSSR count). The van der Waals surface area contributed by atoms with Gasteiger partial charge in [-0.25, -0.2) is 0 Å². The number of nitrogens with two attached hydrogens (primary N) is 1. The number of hydrogen-bond donors (Lipinski definition) is 2. The molecule has 1 aromatic heterocycles. The van der Waals surface area contributed by atoms with Gasteiger partial charge in [-0.1, -0.05) is 18.2 Å². The number of piperazine rings is 1. The largest absolute Gasteiger partial charge is 0.457 e. The molecule has 4 bridgehead atoms. The monoisotopic (exact) mass is 586 g/mol. The number of anilines is 3. The molecule has 0 radical (unpaired) electrons. The Hall–Kier alpha value is -4.42. The van der Waals surface area contributed by atoms with E-state index < -0.39 is 0 Å². The standard InChI is InChI=1S/C31H38N8O4/c1-20-7-8-22-14-25(20)43-23-6-4-5-21(13-23)19-42-26-17-39(16-24(26)33-29(40)18-37(3)30(22)41)28-15-27(34-31(32)35-28)38-11-9-36(2)10-12-38/h4-8,13-15,24,26H,9-12,16-19H2,1-3H3,(H,33,40)(H2,32,34,35)/t24-,26-/m0/s1. The number of hydrogen-bond acceptors (Lipinski definition) is 10. The van der Waals surface area contributed by atoms with Gasteiger partial charge in [0.05, 0.1) is 25.3 Å². The number of ether oxygens (including phenoxy) is 2. The van der Waals surface area contributed by atoms with Gasteiger partial charge in [0.25, 0.3) is 5.91 Å². The molecule has 2 aromatic carbocycles. The normalized spacial score (nSPS) is 21.8.